The Balaban J connectivity index is 1.82. The molecule has 0 atom stereocenters. The fourth-order valence-electron chi connectivity index (χ4n) is 2.09. The third kappa shape index (κ3) is 3.98. The molecular formula is C12H17ClN3O+. The van der Waals surface area contributed by atoms with E-state index in [4.69, 9.17) is 11.6 Å². The second-order valence-electron chi connectivity index (χ2n) is 4.40. The molecule has 0 bridgehead atoms. The lowest BCUT2D eigenvalue weighted by Gasteiger charge is -2.22. The van der Waals surface area contributed by atoms with Gasteiger partial charge < -0.3 is 10.2 Å². The van der Waals surface area contributed by atoms with Crippen molar-refractivity contribution in [1.29, 1.82) is 0 Å². The predicted molar refractivity (Wildman–Crippen MR) is 67.3 cm³/mol. The first-order valence-corrected chi connectivity index (χ1v) is 6.37. The quantitative estimate of drug-likeness (QED) is 0.836. The summed E-state index contributed by atoms with van der Waals surface area (Å²) in [5, 5.41) is 3.36. The number of aromatic nitrogens is 1. The third-order valence-electron chi connectivity index (χ3n) is 2.97. The fourth-order valence-corrected chi connectivity index (χ4v) is 2.20. The molecule has 1 aliphatic rings. The molecule has 92 valence electrons. The molecule has 0 aromatic carbocycles. The number of carbonyl (C=O) groups is 1. The molecule has 1 amide bonds. The van der Waals surface area contributed by atoms with Crippen molar-refractivity contribution in [3.63, 3.8) is 0 Å². The monoisotopic (exact) mass is 254 g/mol. The standard InChI is InChI=1S/C12H16ClN3O/c13-10-4-5-11(14-8-10)15-12(17)9-16-6-2-1-3-7-16/h4-5,8H,1-3,6-7,9H2,(H,14,15,17)/p+1. The lowest BCUT2D eigenvalue weighted by atomic mass is 10.1. The summed E-state index contributed by atoms with van der Waals surface area (Å²) in [6.45, 7) is 2.73. The molecule has 1 aromatic heterocycles. The van der Waals surface area contributed by atoms with E-state index in [1.165, 1.54) is 30.4 Å². The van der Waals surface area contributed by atoms with Crippen LogP contribution in [0.25, 0.3) is 0 Å². The lowest BCUT2D eigenvalue weighted by molar-refractivity contribution is -0.896. The Bertz CT molecular complexity index is 374. The molecule has 2 heterocycles. The van der Waals surface area contributed by atoms with Gasteiger partial charge in [-0.05, 0) is 31.4 Å². The Kier molecular flexibility index (Phi) is 4.34. The van der Waals surface area contributed by atoms with Crippen LogP contribution in [0.1, 0.15) is 19.3 Å². The van der Waals surface area contributed by atoms with Gasteiger partial charge in [-0.25, -0.2) is 4.98 Å². The molecule has 2 N–H and O–H groups in total. The number of quaternary nitrogens is 1. The SMILES string of the molecule is O=C(C[NH+]1CCCCC1)Nc1ccc(Cl)cn1. The minimum absolute atomic E-state index is 0.0247. The molecule has 0 aliphatic carbocycles. The highest BCUT2D eigenvalue weighted by molar-refractivity contribution is 6.30. The molecule has 4 nitrogen and oxygen atoms in total. The minimum Gasteiger partial charge on any atom is -0.327 e. The molecule has 17 heavy (non-hydrogen) atoms. The van der Waals surface area contributed by atoms with E-state index in [9.17, 15) is 4.79 Å². The van der Waals surface area contributed by atoms with E-state index in [0.29, 0.717) is 17.4 Å². The van der Waals surface area contributed by atoms with Crippen molar-refractivity contribution in [2.24, 2.45) is 0 Å². The Labute approximate surface area is 106 Å². The van der Waals surface area contributed by atoms with E-state index < -0.39 is 0 Å². The van der Waals surface area contributed by atoms with Gasteiger partial charge in [0.1, 0.15) is 5.82 Å². The van der Waals surface area contributed by atoms with Gasteiger partial charge in [-0.1, -0.05) is 11.6 Å². The molecule has 1 fully saturated rings. The highest BCUT2D eigenvalue weighted by atomic mass is 35.5. The van der Waals surface area contributed by atoms with Gasteiger partial charge in [0.15, 0.2) is 6.54 Å². The summed E-state index contributed by atoms with van der Waals surface area (Å²) in [5.74, 6) is 0.590. The van der Waals surface area contributed by atoms with Gasteiger partial charge in [0.05, 0.1) is 18.1 Å². The molecule has 0 spiro atoms. The summed E-state index contributed by atoms with van der Waals surface area (Å²) in [6.07, 6.45) is 5.28. The van der Waals surface area contributed by atoms with Gasteiger partial charge >= 0.3 is 0 Å². The third-order valence-corrected chi connectivity index (χ3v) is 3.19. The van der Waals surface area contributed by atoms with Crippen LogP contribution in [0.2, 0.25) is 5.02 Å². The van der Waals surface area contributed by atoms with Crippen LogP contribution in [0.4, 0.5) is 5.82 Å². The number of anilines is 1. The van der Waals surface area contributed by atoms with Gasteiger partial charge in [-0.2, -0.15) is 0 Å². The molecule has 1 aromatic rings. The molecule has 1 aliphatic heterocycles. The van der Waals surface area contributed by atoms with Gasteiger partial charge in [0, 0.05) is 6.20 Å². The molecule has 1 saturated heterocycles. The van der Waals surface area contributed by atoms with Crippen molar-refractivity contribution in [3.8, 4) is 0 Å². The Hall–Kier alpha value is -1.13. The summed E-state index contributed by atoms with van der Waals surface area (Å²) in [4.78, 5) is 17.2. The summed E-state index contributed by atoms with van der Waals surface area (Å²) >= 11 is 5.72. The summed E-state index contributed by atoms with van der Waals surface area (Å²) < 4.78 is 0. The summed E-state index contributed by atoms with van der Waals surface area (Å²) in [5.41, 5.74) is 0. The van der Waals surface area contributed by atoms with Crippen LogP contribution < -0.4 is 10.2 Å². The van der Waals surface area contributed by atoms with Gasteiger partial charge in [-0.15, -0.1) is 0 Å². The first-order valence-electron chi connectivity index (χ1n) is 5.99. The maximum atomic E-state index is 11.8. The van der Waals surface area contributed by atoms with Crippen molar-refractivity contribution in [2.75, 3.05) is 25.0 Å². The zero-order valence-corrected chi connectivity index (χ0v) is 10.5. The van der Waals surface area contributed by atoms with Crippen LogP contribution in [-0.4, -0.2) is 30.5 Å². The van der Waals surface area contributed by atoms with Crippen LogP contribution in [0.5, 0.6) is 0 Å². The summed E-state index contributed by atoms with van der Waals surface area (Å²) in [6, 6.07) is 3.43. The molecule has 0 saturated carbocycles. The smallest absolute Gasteiger partial charge is 0.280 e. The van der Waals surface area contributed by atoms with Gasteiger partial charge in [-0.3, -0.25) is 4.79 Å². The number of nitrogens with one attached hydrogen (secondary N) is 2. The number of amides is 1. The molecule has 5 heteroatoms. The molecule has 0 radical (unpaired) electrons. The van der Waals surface area contributed by atoms with Gasteiger partial charge in [0.25, 0.3) is 5.91 Å². The maximum Gasteiger partial charge on any atom is 0.280 e. The second kappa shape index (κ2) is 5.98. The number of halogens is 1. The number of rotatable bonds is 3. The number of nitrogens with zero attached hydrogens (tertiary/aromatic N) is 1. The van der Waals surface area contributed by atoms with Crippen molar-refractivity contribution >= 4 is 23.3 Å². The average molecular weight is 255 g/mol. The second-order valence-corrected chi connectivity index (χ2v) is 4.83. The van der Waals surface area contributed by atoms with Crippen molar-refractivity contribution in [3.05, 3.63) is 23.4 Å². The largest absolute Gasteiger partial charge is 0.327 e. The minimum atomic E-state index is 0.0247. The van der Waals surface area contributed by atoms with Crippen LogP contribution in [-0.2, 0) is 4.79 Å². The highest BCUT2D eigenvalue weighted by Gasteiger charge is 2.17. The van der Waals surface area contributed by atoms with Crippen LogP contribution >= 0.6 is 11.6 Å². The fraction of sp³-hybridized carbons (Fsp3) is 0.500. The lowest BCUT2D eigenvalue weighted by Crippen LogP contribution is -3.13. The van der Waals surface area contributed by atoms with E-state index in [1.807, 2.05) is 0 Å². The van der Waals surface area contributed by atoms with E-state index in [2.05, 4.69) is 10.3 Å². The van der Waals surface area contributed by atoms with Crippen LogP contribution in [0, 0.1) is 0 Å². The zero-order valence-electron chi connectivity index (χ0n) is 9.71. The topological polar surface area (TPSA) is 46.4 Å². The van der Waals surface area contributed by atoms with E-state index >= 15 is 0 Å². The number of piperidine rings is 1. The van der Waals surface area contributed by atoms with E-state index in [-0.39, 0.29) is 5.91 Å². The number of likely N-dealkylation sites (tertiary alicyclic amines) is 1. The average Bonchev–Trinajstić information content (AvgIpc) is 2.33. The Morgan fingerprint density at radius 3 is 2.76 bits per heavy atom. The van der Waals surface area contributed by atoms with Crippen LogP contribution in [0.15, 0.2) is 18.3 Å². The van der Waals surface area contributed by atoms with Crippen molar-refractivity contribution in [1.82, 2.24) is 4.98 Å². The molecule has 0 unspecified atom stereocenters. The van der Waals surface area contributed by atoms with Gasteiger partial charge in [0.2, 0.25) is 0 Å². The van der Waals surface area contributed by atoms with Crippen molar-refractivity contribution < 1.29 is 9.69 Å². The Morgan fingerprint density at radius 2 is 2.12 bits per heavy atom. The van der Waals surface area contributed by atoms with E-state index in [0.717, 1.165) is 13.1 Å². The van der Waals surface area contributed by atoms with Crippen LogP contribution in [0.3, 0.4) is 0 Å². The maximum absolute atomic E-state index is 11.8. The number of hydrogen-bond acceptors (Lipinski definition) is 2. The predicted octanol–water partition coefficient (Wildman–Crippen LogP) is 0.742. The number of pyridine rings is 1. The van der Waals surface area contributed by atoms with Crippen molar-refractivity contribution in [2.45, 2.75) is 19.3 Å². The first kappa shape index (κ1) is 12.3. The van der Waals surface area contributed by atoms with E-state index in [1.54, 1.807) is 12.1 Å². The Morgan fingerprint density at radius 1 is 1.35 bits per heavy atom. The normalized spacial score (nSPS) is 16.8. The molecular weight excluding hydrogens is 238 g/mol. The highest BCUT2D eigenvalue weighted by Crippen LogP contribution is 2.08. The number of carbonyl (C=O) groups excluding carboxylic acids is 1. The first-order chi connectivity index (χ1) is 8.24. The summed E-state index contributed by atoms with van der Waals surface area (Å²) in [7, 11) is 0. The molecule has 2 rings (SSSR count). The zero-order chi connectivity index (χ0) is 12.1. The number of hydrogen-bond donors (Lipinski definition) is 2.